The van der Waals surface area contributed by atoms with E-state index < -0.39 is 12.1 Å². The quantitative estimate of drug-likeness (QED) is 0.323. The Morgan fingerprint density at radius 2 is 1.75 bits per heavy atom. The number of carboxylic acids is 1. The minimum atomic E-state index is -0.996. The average Bonchev–Trinajstić information content (AvgIpc) is 2.87. The number of carboxylic acid groups (broad SMARTS) is 1. The zero-order valence-corrected chi connectivity index (χ0v) is 20.5. The monoisotopic (exact) mass is 490 g/mol. The van der Waals surface area contributed by atoms with Crippen molar-refractivity contribution in [3.63, 3.8) is 0 Å². The number of β-amino-alcohol motifs (C(OH)–C–C–N with tert-alkyl or cyclic N) is 1. The maximum atomic E-state index is 13.0. The molecule has 1 atom stereocenters. The summed E-state index contributed by atoms with van der Waals surface area (Å²) in [5.41, 5.74) is 2.99. The van der Waals surface area contributed by atoms with Gasteiger partial charge in [-0.1, -0.05) is 30.3 Å². The van der Waals surface area contributed by atoms with Crippen molar-refractivity contribution in [2.75, 3.05) is 13.2 Å². The van der Waals surface area contributed by atoms with Crippen molar-refractivity contribution >= 4 is 5.97 Å². The van der Waals surface area contributed by atoms with Crippen LogP contribution in [-0.2, 0) is 6.42 Å². The van der Waals surface area contributed by atoms with E-state index in [2.05, 4.69) is 25.2 Å². The van der Waals surface area contributed by atoms with Crippen molar-refractivity contribution in [2.45, 2.75) is 44.8 Å². The van der Waals surface area contributed by atoms with Gasteiger partial charge in [-0.15, -0.1) is 0 Å². The predicted octanol–water partition coefficient (Wildman–Crippen LogP) is 5.19. The fraction of sp³-hybridized carbons (Fsp3) is 0.310. The first-order chi connectivity index (χ1) is 17.2. The van der Waals surface area contributed by atoms with E-state index in [-0.39, 0.29) is 23.5 Å². The largest absolute Gasteiger partial charge is 0.489 e. The molecular weight excluding hydrogens is 459 g/mol. The van der Waals surface area contributed by atoms with Crippen LogP contribution in [0.4, 0.5) is 4.39 Å². The van der Waals surface area contributed by atoms with Gasteiger partial charge in [0.05, 0.1) is 11.1 Å². The minimum Gasteiger partial charge on any atom is -0.489 e. The number of nitrogens with one attached hydrogen (secondary N) is 1. The normalized spacial score (nSPS) is 12.1. The van der Waals surface area contributed by atoms with Crippen LogP contribution in [0.25, 0.3) is 11.1 Å². The number of aliphatic hydroxyl groups is 1. The van der Waals surface area contributed by atoms with Crippen LogP contribution >= 0.6 is 0 Å². The smallest absolute Gasteiger partial charge is 0.335 e. The lowest BCUT2D eigenvalue weighted by atomic mass is 9.95. The van der Waals surface area contributed by atoms with Gasteiger partial charge < -0.3 is 20.3 Å². The van der Waals surface area contributed by atoms with Crippen molar-refractivity contribution in [3.05, 3.63) is 89.2 Å². The van der Waals surface area contributed by atoms with Crippen molar-refractivity contribution in [3.8, 4) is 22.9 Å². The standard InChI is InChI=1S/C29H31FN2O4/c1-29(2,15-3-4-20-5-13-25(30)14-6-20)32-18-26(33)19-36-27-16-23(11-12-24(27)17-31)21-7-9-22(10-8-21)28(34)35/h5-14,16,26,32-33H,3-4,15,18-19H2,1-2H3,(H,34,35)/t26-/m1/s1. The highest BCUT2D eigenvalue weighted by atomic mass is 19.1. The van der Waals surface area contributed by atoms with Gasteiger partial charge >= 0.3 is 5.97 Å². The van der Waals surface area contributed by atoms with E-state index in [4.69, 9.17) is 9.84 Å². The Morgan fingerprint density at radius 3 is 2.39 bits per heavy atom. The van der Waals surface area contributed by atoms with Crippen LogP contribution in [0.15, 0.2) is 66.7 Å². The van der Waals surface area contributed by atoms with Crippen LogP contribution in [0, 0.1) is 17.1 Å². The van der Waals surface area contributed by atoms with Crippen molar-refractivity contribution in [1.82, 2.24) is 5.32 Å². The maximum absolute atomic E-state index is 13.0. The summed E-state index contributed by atoms with van der Waals surface area (Å²) in [6, 6.07) is 20.2. The number of hydrogen-bond donors (Lipinski definition) is 3. The molecule has 36 heavy (non-hydrogen) atoms. The van der Waals surface area contributed by atoms with E-state index in [0.29, 0.717) is 17.9 Å². The van der Waals surface area contributed by atoms with Gasteiger partial charge in [-0.2, -0.15) is 5.26 Å². The molecule has 6 nitrogen and oxygen atoms in total. The first kappa shape index (κ1) is 26.9. The number of carbonyl (C=O) groups is 1. The number of aromatic carboxylic acids is 1. The zero-order valence-electron chi connectivity index (χ0n) is 20.5. The summed E-state index contributed by atoms with van der Waals surface area (Å²) in [6.07, 6.45) is 1.86. The summed E-state index contributed by atoms with van der Waals surface area (Å²) in [5, 5.41) is 32.4. The topological polar surface area (TPSA) is 103 Å². The molecule has 0 bridgehead atoms. The minimum absolute atomic E-state index is 0.00868. The van der Waals surface area contributed by atoms with Crippen LogP contribution in [-0.4, -0.2) is 41.0 Å². The fourth-order valence-corrected chi connectivity index (χ4v) is 3.83. The summed E-state index contributed by atoms with van der Waals surface area (Å²) >= 11 is 0. The molecule has 0 radical (unpaired) electrons. The molecule has 0 aliphatic heterocycles. The molecule has 0 aliphatic rings. The summed E-state index contributed by atoms with van der Waals surface area (Å²) in [4.78, 5) is 11.1. The second-order valence-electron chi connectivity index (χ2n) is 9.41. The van der Waals surface area contributed by atoms with Crippen LogP contribution < -0.4 is 10.1 Å². The molecule has 3 N–H and O–H groups in total. The predicted molar refractivity (Wildman–Crippen MR) is 136 cm³/mol. The molecule has 7 heteroatoms. The lowest BCUT2D eigenvalue weighted by Gasteiger charge is -2.28. The molecule has 0 unspecified atom stereocenters. The molecule has 3 aromatic carbocycles. The van der Waals surface area contributed by atoms with Gasteiger partial charge in [0.2, 0.25) is 0 Å². The Balaban J connectivity index is 1.51. The number of nitrogens with zero attached hydrogens (tertiary/aromatic N) is 1. The molecule has 3 rings (SSSR count). The summed E-state index contributed by atoms with van der Waals surface area (Å²) in [6.45, 7) is 4.47. The van der Waals surface area contributed by atoms with E-state index in [9.17, 15) is 19.6 Å². The highest BCUT2D eigenvalue weighted by Crippen LogP contribution is 2.27. The number of rotatable bonds is 12. The molecule has 188 valence electrons. The van der Waals surface area contributed by atoms with Crippen molar-refractivity contribution < 1.29 is 24.1 Å². The molecular formula is C29H31FN2O4. The Hall–Kier alpha value is -3.73. The van der Waals surface area contributed by atoms with Gasteiger partial charge in [0, 0.05) is 12.1 Å². The van der Waals surface area contributed by atoms with E-state index in [1.807, 2.05) is 0 Å². The van der Waals surface area contributed by atoms with Gasteiger partial charge in [-0.3, -0.25) is 0 Å². The summed E-state index contributed by atoms with van der Waals surface area (Å²) < 4.78 is 18.8. The maximum Gasteiger partial charge on any atom is 0.335 e. The third-order valence-corrected chi connectivity index (χ3v) is 6.00. The zero-order chi connectivity index (χ0) is 26.1. The third kappa shape index (κ3) is 7.91. The number of benzene rings is 3. The molecule has 0 amide bonds. The number of halogens is 1. The third-order valence-electron chi connectivity index (χ3n) is 6.00. The summed E-state index contributed by atoms with van der Waals surface area (Å²) in [7, 11) is 0. The Morgan fingerprint density at radius 1 is 1.08 bits per heavy atom. The summed E-state index contributed by atoms with van der Waals surface area (Å²) in [5.74, 6) is -0.876. The lowest BCUT2D eigenvalue weighted by Crippen LogP contribution is -2.44. The molecule has 0 aliphatic carbocycles. The Bertz CT molecular complexity index is 1200. The molecule has 0 saturated carbocycles. The van der Waals surface area contributed by atoms with Gasteiger partial charge in [0.25, 0.3) is 0 Å². The van der Waals surface area contributed by atoms with Gasteiger partial charge in [0.1, 0.15) is 30.3 Å². The SMILES string of the molecule is CC(C)(CCCc1ccc(F)cc1)NC[C@@H](O)COc1cc(-c2ccc(C(=O)O)cc2)ccc1C#N. The van der Waals surface area contributed by atoms with Gasteiger partial charge in [-0.05, 0) is 86.2 Å². The van der Waals surface area contributed by atoms with E-state index >= 15 is 0 Å². The van der Waals surface area contributed by atoms with Crippen LogP contribution in [0.1, 0.15) is 48.2 Å². The number of ether oxygens (including phenoxy) is 1. The molecule has 0 fully saturated rings. The molecule has 3 aromatic rings. The Kier molecular flexibility index (Phi) is 9.18. The first-order valence-corrected chi connectivity index (χ1v) is 11.8. The van der Waals surface area contributed by atoms with Crippen molar-refractivity contribution in [2.24, 2.45) is 0 Å². The highest BCUT2D eigenvalue weighted by Gasteiger charge is 2.19. The highest BCUT2D eigenvalue weighted by molar-refractivity contribution is 5.88. The molecule has 0 saturated heterocycles. The molecule has 0 heterocycles. The number of aryl methyl sites for hydroxylation is 1. The van der Waals surface area contributed by atoms with E-state index in [0.717, 1.165) is 36.0 Å². The molecule has 0 spiro atoms. The molecule has 0 aromatic heterocycles. The average molecular weight is 491 g/mol. The number of hydrogen-bond acceptors (Lipinski definition) is 5. The van der Waals surface area contributed by atoms with E-state index in [1.54, 1.807) is 42.5 Å². The number of aliphatic hydroxyl groups excluding tert-OH is 1. The van der Waals surface area contributed by atoms with Gasteiger partial charge in [0.15, 0.2) is 0 Å². The van der Waals surface area contributed by atoms with Crippen LogP contribution in [0.2, 0.25) is 0 Å². The second-order valence-corrected chi connectivity index (χ2v) is 9.41. The van der Waals surface area contributed by atoms with E-state index in [1.165, 1.54) is 24.3 Å². The number of nitriles is 1. The van der Waals surface area contributed by atoms with Crippen LogP contribution in [0.5, 0.6) is 5.75 Å². The second kappa shape index (κ2) is 12.3. The van der Waals surface area contributed by atoms with Gasteiger partial charge in [-0.25, -0.2) is 9.18 Å². The van der Waals surface area contributed by atoms with Crippen LogP contribution in [0.3, 0.4) is 0 Å². The fourth-order valence-electron chi connectivity index (χ4n) is 3.83. The lowest BCUT2D eigenvalue weighted by molar-refractivity contribution is 0.0697. The Labute approximate surface area is 211 Å². The first-order valence-electron chi connectivity index (χ1n) is 11.8. The van der Waals surface area contributed by atoms with Crippen molar-refractivity contribution in [1.29, 1.82) is 5.26 Å².